The summed E-state index contributed by atoms with van der Waals surface area (Å²) in [6.45, 7) is 5.30. The summed E-state index contributed by atoms with van der Waals surface area (Å²) in [5.74, 6) is 0. The highest BCUT2D eigenvalue weighted by atomic mass is 35.5. The molecule has 0 spiro atoms. The summed E-state index contributed by atoms with van der Waals surface area (Å²) in [6, 6.07) is 5.69. The zero-order valence-corrected chi connectivity index (χ0v) is 12.2. The first kappa shape index (κ1) is 13.7. The van der Waals surface area contributed by atoms with Gasteiger partial charge in [0.1, 0.15) is 0 Å². The first-order valence-corrected chi connectivity index (χ1v) is 7.48. The molecule has 3 saturated heterocycles. The molecule has 4 rings (SSSR count). The smallest absolute Gasteiger partial charge is 0.0749 e. The number of fused-ring (bicyclic) bond motifs is 3. The molecule has 1 aromatic rings. The fourth-order valence-corrected chi connectivity index (χ4v) is 3.65. The van der Waals surface area contributed by atoms with Gasteiger partial charge in [0.15, 0.2) is 0 Å². The minimum atomic E-state index is -0.416. The molecule has 3 heterocycles. The lowest BCUT2D eigenvalue weighted by Crippen LogP contribution is -2.64. The topological polar surface area (TPSA) is 26.7 Å². The van der Waals surface area contributed by atoms with Crippen LogP contribution in [0.5, 0.6) is 0 Å². The Bertz CT molecular complexity index is 441. The van der Waals surface area contributed by atoms with Crippen LogP contribution in [0.1, 0.15) is 5.56 Å². The van der Waals surface area contributed by atoms with Gasteiger partial charge in [-0.2, -0.15) is 0 Å². The molecule has 104 valence electrons. The van der Waals surface area contributed by atoms with Crippen LogP contribution >= 0.6 is 23.2 Å². The largest absolute Gasteiger partial charge is 0.391 e. The zero-order chi connectivity index (χ0) is 13.4. The van der Waals surface area contributed by atoms with Gasteiger partial charge in [-0.1, -0.05) is 29.3 Å². The van der Waals surface area contributed by atoms with Crippen molar-refractivity contribution in [3.8, 4) is 0 Å². The lowest BCUT2D eigenvalue weighted by atomic mass is 9.97. The summed E-state index contributed by atoms with van der Waals surface area (Å²) in [7, 11) is 0. The van der Waals surface area contributed by atoms with Crippen molar-refractivity contribution >= 4 is 23.2 Å². The molecule has 3 aliphatic heterocycles. The van der Waals surface area contributed by atoms with Gasteiger partial charge in [-0.3, -0.25) is 9.80 Å². The second kappa shape index (κ2) is 5.58. The van der Waals surface area contributed by atoms with Crippen LogP contribution in [-0.2, 0) is 6.42 Å². The normalized spacial score (nSPS) is 31.4. The quantitative estimate of drug-likeness (QED) is 0.924. The molecular formula is C14H18Cl2N2O. The number of benzene rings is 1. The molecular weight excluding hydrogens is 283 g/mol. The second-order valence-corrected chi connectivity index (χ2v) is 6.19. The molecule has 2 bridgehead atoms. The zero-order valence-electron chi connectivity index (χ0n) is 10.7. The van der Waals surface area contributed by atoms with E-state index in [4.69, 9.17) is 23.2 Å². The summed E-state index contributed by atoms with van der Waals surface area (Å²) >= 11 is 12.3. The van der Waals surface area contributed by atoms with Crippen LogP contribution in [0, 0.1) is 0 Å². The maximum Gasteiger partial charge on any atom is 0.0749 e. The van der Waals surface area contributed by atoms with Crippen LogP contribution in [0.4, 0.5) is 0 Å². The van der Waals surface area contributed by atoms with Gasteiger partial charge in [-0.05, 0) is 17.7 Å². The Kier molecular flexibility index (Phi) is 4.01. The van der Waals surface area contributed by atoms with Crippen molar-refractivity contribution in [2.24, 2.45) is 0 Å². The minimum Gasteiger partial charge on any atom is -0.391 e. The van der Waals surface area contributed by atoms with E-state index in [0.717, 1.165) is 38.3 Å². The molecule has 1 N–H and O–H groups in total. The Hall–Kier alpha value is -0.320. The van der Waals surface area contributed by atoms with Gasteiger partial charge < -0.3 is 5.11 Å². The molecule has 3 fully saturated rings. The number of rotatable bonds is 3. The average molecular weight is 301 g/mol. The van der Waals surface area contributed by atoms with E-state index in [1.54, 1.807) is 0 Å². The Balaban J connectivity index is 1.73. The van der Waals surface area contributed by atoms with Crippen molar-refractivity contribution in [1.29, 1.82) is 0 Å². The van der Waals surface area contributed by atoms with E-state index in [0.29, 0.717) is 16.5 Å². The third kappa shape index (κ3) is 2.76. The van der Waals surface area contributed by atoms with Crippen LogP contribution in [-0.4, -0.2) is 59.8 Å². The molecule has 0 amide bonds. The van der Waals surface area contributed by atoms with Gasteiger partial charge in [-0.15, -0.1) is 0 Å². The average Bonchev–Trinajstić information content (AvgIpc) is 2.44. The Morgan fingerprint density at radius 3 is 2.32 bits per heavy atom. The molecule has 0 aromatic heterocycles. The number of aliphatic hydroxyl groups is 1. The highest BCUT2D eigenvalue weighted by Gasteiger charge is 2.36. The van der Waals surface area contributed by atoms with Crippen LogP contribution in [0.3, 0.4) is 0 Å². The van der Waals surface area contributed by atoms with Crippen molar-refractivity contribution < 1.29 is 5.11 Å². The predicted molar refractivity (Wildman–Crippen MR) is 78.0 cm³/mol. The number of hydrogen-bond donors (Lipinski definition) is 1. The lowest BCUT2D eigenvalue weighted by Gasteiger charge is -2.49. The Labute approximate surface area is 123 Å². The van der Waals surface area contributed by atoms with E-state index >= 15 is 0 Å². The SMILES string of the molecule is OC(Cc1c(Cl)cccc1Cl)C1CN2CCN1CC2. The van der Waals surface area contributed by atoms with Gasteiger partial charge in [-0.25, -0.2) is 0 Å². The number of halogens is 2. The van der Waals surface area contributed by atoms with E-state index in [1.807, 2.05) is 18.2 Å². The maximum atomic E-state index is 10.5. The molecule has 0 radical (unpaired) electrons. The minimum absolute atomic E-state index is 0.204. The van der Waals surface area contributed by atoms with Gasteiger partial charge in [0, 0.05) is 55.2 Å². The number of nitrogens with zero attached hydrogens (tertiary/aromatic N) is 2. The molecule has 3 nitrogen and oxygen atoms in total. The van der Waals surface area contributed by atoms with Crippen molar-refractivity contribution in [2.45, 2.75) is 18.6 Å². The second-order valence-electron chi connectivity index (χ2n) is 5.38. The van der Waals surface area contributed by atoms with E-state index in [1.165, 1.54) is 0 Å². The van der Waals surface area contributed by atoms with Gasteiger partial charge >= 0.3 is 0 Å². The van der Waals surface area contributed by atoms with Gasteiger partial charge in [0.05, 0.1) is 6.10 Å². The fourth-order valence-electron chi connectivity index (χ4n) is 3.10. The summed E-state index contributed by atoms with van der Waals surface area (Å²) in [5, 5.41) is 11.8. The predicted octanol–water partition coefficient (Wildman–Crippen LogP) is 1.90. The van der Waals surface area contributed by atoms with E-state index in [-0.39, 0.29) is 6.04 Å². The molecule has 19 heavy (non-hydrogen) atoms. The molecule has 0 saturated carbocycles. The molecule has 2 atom stereocenters. The number of hydrogen-bond acceptors (Lipinski definition) is 3. The monoisotopic (exact) mass is 300 g/mol. The first-order chi connectivity index (χ1) is 9.15. The lowest BCUT2D eigenvalue weighted by molar-refractivity contribution is -0.0453. The molecule has 2 unspecified atom stereocenters. The van der Waals surface area contributed by atoms with E-state index in [9.17, 15) is 5.11 Å². The summed E-state index contributed by atoms with van der Waals surface area (Å²) in [5.41, 5.74) is 0.857. The van der Waals surface area contributed by atoms with E-state index < -0.39 is 6.10 Å². The van der Waals surface area contributed by atoms with Crippen LogP contribution in [0.2, 0.25) is 10.0 Å². The highest BCUT2D eigenvalue weighted by molar-refractivity contribution is 6.35. The molecule has 1 aromatic carbocycles. The fraction of sp³-hybridized carbons (Fsp3) is 0.571. The number of aliphatic hydroxyl groups excluding tert-OH is 1. The molecule has 5 heteroatoms. The molecule has 3 aliphatic rings. The van der Waals surface area contributed by atoms with Crippen LogP contribution in [0.15, 0.2) is 18.2 Å². The summed E-state index contributed by atoms with van der Waals surface area (Å²) in [6.07, 6.45) is 0.105. The third-order valence-electron chi connectivity index (χ3n) is 4.24. The van der Waals surface area contributed by atoms with Crippen LogP contribution in [0.25, 0.3) is 0 Å². The maximum absolute atomic E-state index is 10.5. The van der Waals surface area contributed by atoms with Crippen molar-refractivity contribution in [1.82, 2.24) is 9.80 Å². The van der Waals surface area contributed by atoms with Crippen molar-refractivity contribution in [3.05, 3.63) is 33.8 Å². The Morgan fingerprint density at radius 1 is 1.16 bits per heavy atom. The summed E-state index contributed by atoms with van der Waals surface area (Å²) < 4.78 is 0. The van der Waals surface area contributed by atoms with Gasteiger partial charge in [0.25, 0.3) is 0 Å². The van der Waals surface area contributed by atoms with E-state index in [2.05, 4.69) is 9.80 Å². The number of piperazine rings is 3. The van der Waals surface area contributed by atoms with Gasteiger partial charge in [0.2, 0.25) is 0 Å². The standard InChI is InChI=1S/C14H18Cl2N2O/c15-11-2-1-3-12(16)10(11)8-14(19)13-9-17-4-6-18(13)7-5-17/h1-3,13-14,19H,4-9H2. The Morgan fingerprint density at radius 2 is 1.79 bits per heavy atom. The first-order valence-electron chi connectivity index (χ1n) is 6.72. The van der Waals surface area contributed by atoms with Crippen molar-refractivity contribution in [3.63, 3.8) is 0 Å². The summed E-state index contributed by atoms with van der Waals surface area (Å²) in [4.78, 5) is 4.80. The molecule has 0 aliphatic carbocycles. The van der Waals surface area contributed by atoms with Crippen molar-refractivity contribution in [2.75, 3.05) is 32.7 Å². The van der Waals surface area contributed by atoms with Crippen LogP contribution < -0.4 is 0 Å². The third-order valence-corrected chi connectivity index (χ3v) is 4.95. The highest BCUT2D eigenvalue weighted by Crippen LogP contribution is 2.28.